The maximum atomic E-state index is 11.9. The van der Waals surface area contributed by atoms with E-state index in [0.29, 0.717) is 13.0 Å². The highest BCUT2D eigenvalue weighted by Crippen LogP contribution is 2.26. The molecule has 0 amide bonds. The van der Waals surface area contributed by atoms with Crippen molar-refractivity contribution in [3.63, 3.8) is 0 Å². The van der Waals surface area contributed by atoms with Crippen LogP contribution < -0.4 is 4.74 Å². The summed E-state index contributed by atoms with van der Waals surface area (Å²) in [6.45, 7) is 2.49. The average Bonchev–Trinajstić information content (AvgIpc) is 2.83. The number of ketones is 1. The van der Waals surface area contributed by atoms with Crippen molar-refractivity contribution in [2.45, 2.75) is 32.8 Å². The number of Topliss-reactive ketones (excluding diaryl/α,β-unsaturated/α-hetero) is 1. The third kappa shape index (κ3) is 2.68. The normalized spacial score (nSPS) is 14.3. The van der Waals surface area contributed by atoms with Crippen LogP contribution in [-0.2, 0) is 13.0 Å². The number of fused-ring (bicyclic) bond motifs is 1. The third-order valence-corrected chi connectivity index (χ3v) is 4.17. The van der Waals surface area contributed by atoms with Crippen LogP contribution in [0.4, 0.5) is 0 Å². The van der Waals surface area contributed by atoms with E-state index in [-0.39, 0.29) is 5.78 Å². The molecule has 0 radical (unpaired) electrons. The number of thiazole rings is 1. The molecule has 0 aliphatic heterocycles. The van der Waals surface area contributed by atoms with Crippen molar-refractivity contribution >= 4 is 17.1 Å². The van der Waals surface area contributed by atoms with Gasteiger partial charge in [-0.3, -0.25) is 4.79 Å². The predicted octanol–water partition coefficient (Wildman–Crippen LogP) is 3.55. The van der Waals surface area contributed by atoms with Gasteiger partial charge < -0.3 is 4.74 Å². The molecule has 3 nitrogen and oxygen atoms in total. The predicted molar refractivity (Wildman–Crippen MR) is 74.9 cm³/mol. The highest BCUT2D eigenvalue weighted by molar-refractivity contribution is 7.11. The van der Waals surface area contributed by atoms with E-state index in [2.05, 4.69) is 4.98 Å². The van der Waals surface area contributed by atoms with E-state index < -0.39 is 0 Å². The lowest BCUT2D eigenvalue weighted by atomic mass is 9.90. The Balaban J connectivity index is 1.75. The standard InChI is InChI=1S/C15H15NO2S/c1-10-16-8-13(19-10)9-18-12-6-5-11-3-2-4-15(17)14(11)7-12/h5-8H,2-4,9H2,1H3. The maximum absolute atomic E-state index is 11.9. The molecule has 0 fully saturated rings. The van der Waals surface area contributed by atoms with Gasteiger partial charge in [-0.1, -0.05) is 6.07 Å². The van der Waals surface area contributed by atoms with Crippen LogP contribution in [-0.4, -0.2) is 10.8 Å². The first kappa shape index (κ1) is 12.4. The molecule has 1 aliphatic carbocycles. The van der Waals surface area contributed by atoms with Crippen molar-refractivity contribution in [2.24, 2.45) is 0 Å². The van der Waals surface area contributed by atoms with Crippen LogP contribution in [0.25, 0.3) is 0 Å². The van der Waals surface area contributed by atoms with E-state index in [4.69, 9.17) is 4.74 Å². The fourth-order valence-corrected chi connectivity index (χ4v) is 3.03. The Hall–Kier alpha value is -1.68. The zero-order chi connectivity index (χ0) is 13.2. The maximum Gasteiger partial charge on any atom is 0.163 e. The second kappa shape index (κ2) is 5.13. The molecule has 0 unspecified atom stereocenters. The van der Waals surface area contributed by atoms with Gasteiger partial charge >= 0.3 is 0 Å². The summed E-state index contributed by atoms with van der Waals surface area (Å²) >= 11 is 1.63. The number of ether oxygens (including phenoxy) is 1. The van der Waals surface area contributed by atoms with Crippen LogP contribution in [0.15, 0.2) is 24.4 Å². The monoisotopic (exact) mass is 273 g/mol. The molecule has 2 aromatic rings. The van der Waals surface area contributed by atoms with E-state index in [1.54, 1.807) is 11.3 Å². The van der Waals surface area contributed by atoms with E-state index >= 15 is 0 Å². The quantitative estimate of drug-likeness (QED) is 0.858. The molecule has 0 atom stereocenters. The van der Waals surface area contributed by atoms with Gasteiger partial charge in [0.25, 0.3) is 0 Å². The largest absolute Gasteiger partial charge is 0.488 e. The second-order valence-corrected chi connectivity index (χ2v) is 6.05. The number of carbonyl (C=O) groups is 1. The number of aryl methyl sites for hydroxylation is 2. The highest BCUT2D eigenvalue weighted by Gasteiger charge is 2.17. The van der Waals surface area contributed by atoms with Crippen molar-refractivity contribution in [1.82, 2.24) is 4.98 Å². The molecule has 1 aromatic heterocycles. The minimum Gasteiger partial charge on any atom is -0.488 e. The Morgan fingerprint density at radius 2 is 2.26 bits per heavy atom. The molecule has 0 saturated carbocycles. The topological polar surface area (TPSA) is 39.2 Å². The number of benzene rings is 1. The molecule has 1 aliphatic rings. The van der Waals surface area contributed by atoms with Crippen LogP contribution in [0.5, 0.6) is 5.75 Å². The number of aromatic nitrogens is 1. The molecule has 1 aromatic carbocycles. The van der Waals surface area contributed by atoms with Crippen molar-refractivity contribution in [3.8, 4) is 5.75 Å². The molecule has 1 heterocycles. The average molecular weight is 273 g/mol. The number of hydrogen-bond acceptors (Lipinski definition) is 4. The van der Waals surface area contributed by atoms with Gasteiger partial charge in [-0.2, -0.15) is 0 Å². The van der Waals surface area contributed by atoms with Crippen molar-refractivity contribution < 1.29 is 9.53 Å². The number of nitrogens with zero attached hydrogens (tertiary/aromatic N) is 1. The summed E-state index contributed by atoms with van der Waals surface area (Å²) in [6, 6.07) is 5.84. The molecule has 4 heteroatoms. The lowest BCUT2D eigenvalue weighted by molar-refractivity contribution is 0.0972. The van der Waals surface area contributed by atoms with Gasteiger partial charge in [0.15, 0.2) is 5.78 Å². The lowest BCUT2D eigenvalue weighted by Gasteiger charge is -2.15. The molecule has 3 rings (SSSR count). The lowest BCUT2D eigenvalue weighted by Crippen LogP contribution is -2.10. The van der Waals surface area contributed by atoms with Crippen LogP contribution >= 0.6 is 11.3 Å². The number of rotatable bonds is 3. The smallest absolute Gasteiger partial charge is 0.163 e. The molecule has 0 N–H and O–H groups in total. The Morgan fingerprint density at radius 1 is 1.37 bits per heavy atom. The summed E-state index contributed by atoms with van der Waals surface area (Å²) in [5.41, 5.74) is 1.99. The molecule has 0 bridgehead atoms. The van der Waals surface area contributed by atoms with Crippen LogP contribution in [0, 0.1) is 6.92 Å². The number of carbonyl (C=O) groups excluding carboxylic acids is 1. The van der Waals surface area contributed by atoms with Crippen molar-refractivity contribution in [2.75, 3.05) is 0 Å². The summed E-state index contributed by atoms with van der Waals surface area (Å²) in [7, 11) is 0. The van der Waals surface area contributed by atoms with E-state index in [1.165, 1.54) is 0 Å². The molecular weight excluding hydrogens is 258 g/mol. The fourth-order valence-electron chi connectivity index (χ4n) is 2.32. The first-order chi connectivity index (χ1) is 9.22. The molecule has 98 valence electrons. The Morgan fingerprint density at radius 3 is 3.05 bits per heavy atom. The second-order valence-electron chi connectivity index (χ2n) is 4.73. The van der Waals surface area contributed by atoms with Gasteiger partial charge in [0.05, 0.1) is 9.88 Å². The van der Waals surface area contributed by atoms with Crippen LogP contribution in [0.3, 0.4) is 0 Å². The summed E-state index contributed by atoms with van der Waals surface area (Å²) in [5, 5.41) is 1.04. The van der Waals surface area contributed by atoms with Crippen LogP contribution in [0.2, 0.25) is 0 Å². The number of hydrogen-bond donors (Lipinski definition) is 0. The third-order valence-electron chi connectivity index (χ3n) is 3.28. The SMILES string of the molecule is Cc1ncc(COc2ccc3c(c2)C(=O)CCC3)s1. The molecule has 0 spiro atoms. The zero-order valence-electron chi connectivity index (χ0n) is 10.8. The zero-order valence-corrected chi connectivity index (χ0v) is 11.6. The summed E-state index contributed by atoms with van der Waals surface area (Å²) < 4.78 is 5.74. The van der Waals surface area contributed by atoms with Crippen molar-refractivity contribution in [3.05, 3.63) is 45.4 Å². The Bertz CT molecular complexity index is 618. The van der Waals surface area contributed by atoms with Gasteiger partial charge in [0.1, 0.15) is 12.4 Å². The van der Waals surface area contributed by atoms with E-state index in [1.807, 2.05) is 31.3 Å². The highest BCUT2D eigenvalue weighted by atomic mass is 32.1. The van der Waals surface area contributed by atoms with Gasteiger partial charge in [0, 0.05) is 18.2 Å². The first-order valence-corrected chi connectivity index (χ1v) is 7.24. The minimum atomic E-state index is 0.236. The van der Waals surface area contributed by atoms with Gasteiger partial charge in [0.2, 0.25) is 0 Å². The summed E-state index contributed by atoms with van der Waals surface area (Å²) in [4.78, 5) is 17.1. The minimum absolute atomic E-state index is 0.236. The molecular formula is C15H15NO2S. The summed E-state index contributed by atoms with van der Waals surface area (Å²) in [5.74, 6) is 1.00. The molecule has 0 saturated heterocycles. The fraction of sp³-hybridized carbons (Fsp3) is 0.333. The van der Waals surface area contributed by atoms with Gasteiger partial charge in [-0.05, 0) is 37.5 Å². The Labute approximate surface area is 116 Å². The Kier molecular flexibility index (Phi) is 3.34. The first-order valence-electron chi connectivity index (χ1n) is 6.42. The van der Waals surface area contributed by atoms with Crippen LogP contribution in [0.1, 0.15) is 38.6 Å². The van der Waals surface area contributed by atoms with Crippen molar-refractivity contribution in [1.29, 1.82) is 0 Å². The summed E-state index contributed by atoms with van der Waals surface area (Å²) in [6.07, 6.45) is 4.45. The van der Waals surface area contributed by atoms with Gasteiger partial charge in [-0.25, -0.2) is 4.98 Å². The van der Waals surface area contributed by atoms with E-state index in [0.717, 1.165) is 39.6 Å². The van der Waals surface area contributed by atoms with E-state index in [9.17, 15) is 4.79 Å². The van der Waals surface area contributed by atoms with Gasteiger partial charge in [-0.15, -0.1) is 11.3 Å². The molecule has 19 heavy (non-hydrogen) atoms.